The van der Waals surface area contributed by atoms with Crippen molar-refractivity contribution in [3.63, 3.8) is 0 Å². The van der Waals surface area contributed by atoms with E-state index in [2.05, 4.69) is 43.6 Å². The van der Waals surface area contributed by atoms with Gasteiger partial charge in [-0.05, 0) is 39.8 Å². The molecule has 0 heterocycles. The molecule has 1 aromatic rings. The summed E-state index contributed by atoms with van der Waals surface area (Å²) < 4.78 is 6.05. The number of hydrogen-bond donors (Lipinski definition) is 0. The third-order valence-corrected chi connectivity index (χ3v) is 2.26. The monoisotopic (exact) mass is 270 g/mol. The molecule has 1 nitrogen and oxygen atoms in total. The number of ether oxygens (including phenoxy) is 1. The predicted octanol–water partition coefficient (Wildman–Crippen LogP) is 4.41. The van der Waals surface area contributed by atoms with Crippen LogP contribution >= 0.6 is 15.9 Å². The van der Waals surface area contributed by atoms with Crippen LogP contribution in [-0.2, 0) is 0 Å². The second-order valence-corrected chi connectivity index (χ2v) is 7.22. The van der Waals surface area contributed by atoms with Crippen molar-refractivity contribution in [3.8, 4) is 5.75 Å². The maximum atomic E-state index is 5.95. The Morgan fingerprint density at radius 3 is 2.07 bits per heavy atom. The fourth-order valence-corrected chi connectivity index (χ4v) is 2.53. The molecule has 0 aliphatic carbocycles. The van der Waals surface area contributed by atoms with E-state index in [9.17, 15) is 0 Å². The molecule has 84 valence electrons. The van der Waals surface area contributed by atoms with Crippen molar-refractivity contribution in [2.24, 2.45) is 0 Å². The van der Waals surface area contributed by atoms with Crippen molar-refractivity contribution in [3.05, 3.63) is 30.3 Å². The van der Waals surface area contributed by atoms with E-state index in [-0.39, 0.29) is 9.93 Å². The topological polar surface area (TPSA) is 9.23 Å². The van der Waals surface area contributed by atoms with Crippen LogP contribution in [0.15, 0.2) is 30.3 Å². The zero-order valence-electron chi connectivity index (χ0n) is 9.88. The van der Waals surface area contributed by atoms with E-state index in [1.165, 1.54) is 0 Å². The fraction of sp³-hybridized carbons (Fsp3) is 0.538. The summed E-state index contributed by atoms with van der Waals surface area (Å²) in [4.78, 5) is 0. The van der Waals surface area contributed by atoms with Crippen LogP contribution in [0.1, 0.15) is 34.1 Å². The van der Waals surface area contributed by atoms with Crippen molar-refractivity contribution in [2.45, 2.75) is 44.0 Å². The van der Waals surface area contributed by atoms with E-state index in [0.717, 1.165) is 12.2 Å². The second kappa shape index (κ2) is 4.56. The third-order valence-electron chi connectivity index (χ3n) is 1.98. The van der Waals surface area contributed by atoms with Crippen molar-refractivity contribution in [1.82, 2.24) is 0 Å². The molecule has 0 saturated heterocycles. The summed E-state index contributed by atoms with van der Waals surface area (Å²) in [5.41, 5.74) is -0.158. The highest BCUT2D eigenvalue weighted by molar-refractivity contribution is 9.10. The Balaban J connectivity index is 2.65. The van der Waals surface area contributed by atoms with E-state index < -0.39 is 0 Å². The van der Waals surface area contributed by atoms with Gasteiger partial charge in [-0.1, -0.05) is 34.1 Å². The summed E-state index contributed by atoms with van der Waals surface area (Å²) in [6, 6.07) is 9.95. The molecular weight excluding hydrogens is 252 g/mol. The van der Waals surface area contributed by atoms with Crippen molar-refractivity contribution < 1.29 is 4.74 Å². The van der Waals surface area contributed by atoms with E-state index >= 15 is 0 Å². The van der Waals surface area contributed by atoms with Crippen molar-refractivity contribution in [2.75, 3.05) is 0 Å². The molecular formula is C13H19BrO. The number of para-hydroxylation sites is 1. The van der Waals surface area contributed by atoms with Gasteiger partial charge in [0.05, 0.1) is 0 Å². The largest absolute Gasteiger partial charge is 0.488 e. The lowest BCUT2D eigenvalue weighted by Crippen LogP contribution is -2.34. The van der Waals surface area contributed by atoms with Gasteiger partial charge < -0.3 is 4.74 Å². The van der Waals surface area contributed by atoms with Gasteiger partial charge >= 0.3 is 0 Å². The van der Waals surface area contributed by atoms with E-state index in [1.807, 2.05) is 30.3 Å². The van der Waals surface area contributed by atoms with Gasteiger partial charge in [0.15, 0.2) is 0 Å². The van der Waals surface area contributed by atoms with Gasteiger partial charge in [-0.2, -0.15) is 0 Å². The van der Waals surface area contributed by atoms with Gasteiger partial charge in [-0.25, -0.2) is 0 Å². The van der Waals surface area contributed by atoms with E-state index in [0.29, 0.717) is 0 Å². The average molecular weight is 271 g/mol. The highest BCUT2D eigenvalue weighted by Crippen LogP contribution is 2.31. The van der Waals surface area contributed by atoms with Crippen molar-refractivity contribution >= 4 is 15.9 Å². The van der Waals surface area contributed by atoms with Crippen LogP contribution in [0.2, 0.25) is 0 Å². The highest BCUT2D eigenvalue weighted by atomic mass is 79.9. The summed E-state index contributed by atoms with van der Waals surface area (Å²) >= 11 is 3.65. The lowest BCUT2D eigenvalue weighted by molar-refractivity contribution is 0.0915. The van der Waals surface area contributed by atoms with Crippen LogP contribution in [0.4, 0.5) is 0 Å². The zero-order chi connectivity index (χ0) is 11.5. The van der Waals surface area contributed by atoms with Crippen LogP contribution < -0.4 is 4.74 Å². The Kier molecular flexibility index (Phi) is 3.82. The van der Waals surface area contributed by atoms with Crippen LogP contribution in [0, 0.1) is 0 Å². The predicted molar refractivity (Wildman–Crippen MR) is 68.8 cm³/mol. The SMILES string of the molecule is CC(C)(Br)CC(C)(C)Oc1ccccc1. The molecule has 0 spiro atoms. The maximum Gasteiger partial charge on any atom is 0.120 e. The minimum absolute atomic E-state index is 0.102. The number of benzene rings is 1. The Bertz CT molecular complexity index is 298. The molecule has 0 aromatic heterocycles. The molecule has 0 amide bonds. The Morgan fingerprint density at radius 2 is 1.60 bits per heavy atom. The standard InChI is InChI=1S/C13H19BrO/c1-12(2,14)10-13(3,4)15-11-8-6-5-7-9-11/h5-9H,10H2,1-4H3. The maximum absolute atomic E-state index is 5.95. The van der Waals surface area contributed by atoms with Gasteiger partial charge in [-0.3, -0.25) is 0 Å². The van der Waals surface area contributed by atoms with Crippen LogP contribution in [-0.4, -0.2) is 9.93 Å². The second-order valence-electron chi connectivity index (χ2n) is 5.07. The summed E-state index contributed by atoms with van der Waals surface area (Å²) in [6.45, 7) is 8.54. The fourth-order valence-electron chi connectivity index (χ4n) is 1.86. The molecule has 0 fully saturated rings. The van der Waals surface area contributed by atoms with Gasteiger partial charge in [0.25, 0.3) is 0 Å². The lowest BCUT2D eigenvalue weighted by Gasteiger charge is -2.32. The lowest BCUT2D eigenvalue weighted by atomic mass is 9.96. The highest BCUT2D eigenvalue weighted by Gasteiger charge is 2.28. The number of alkyl halides is 1. The quantitative estimate of drug-likeness (QED) is 0.737. The zero-order valence-corrected chi connectivity index (χ0v) is 11.5. The van der Waals surface area contributed by atoms with Crippen LogP contribution in [0.3, 0.4) is 0 Å². The normalized spacial score (nSPS) is 12.6. The molecule has 0 bridgehead atoms. The molecule has 2 heteroatoms. The molecule has 1 rings (SSSR count). The first kappa shape index (κ1) is 12.6. The summed E-state index contributed by atoms with van der Waals surface area (Å²) in [6.07, 6.45) is 0.953. The molecule has 0 saturated carbocycles. The smallest absolute Gasteiger partial charge is 0.120 e. The molecule has 0 unspecified atom stereocenters. The summed E-state index contributed by atoms with van der Waals surface area (Å²) in [5.74, 6) is 0.930. The first-order valence-electron chi connectivity index (χ1n) is 5.22. The molecule has 0 N–H and O–H groups in total. The minimum atomic E-state index is -0.158. The molecule has 0 radical (unpaired) electrons. The Hall–Kier alpha value is -0.500. The molecule has 1 aromatic carbocycles. The first-order chi connectivity index (χ1) is 6.79. The Labute approximate surface area is 101 Å². The number of hydrogen-bond acceptors (Lipinski definition) is 1. The first-order valence-corrected chi connectivity index (χ1v) is 6.01. The van der Waals surface area contributed by atoms with Gasteiger partial charge in [-0.15, -0.1) is 0 Å². The van der Waals surface area contributed by atoms with Gasteiger partial charge in [0.2, 0.25) is 0 Å². The number of halogens is 1. The molecule has 15 heavy (non-hydrogen) atoms. The summed E-state index contributed by atoms with van der Waals surface area (Å²) in [7, 11) is 0. The minimum Gasteiger partial charge on any atom is -0.488 e. The van der Waals surface area contributed by atoms with Crippen LogP contribution in [0.25, 0.3) is 0 Å². The number of rotatable bonds is 4. The Morgan fingerprint density at radius 1 is 1.07 bits per heavy atom. The molecule has 0 aliphatic heterocycles. The molecule has 0 aliphatic rings. The summed E-state index contributed by atoms with van der Waals surface area (Å²) in [5, 5.41) is 0. The van der Waals surface area contributed by atoms with Gasteiger partial charge in [0.1, 0.15) is 11.4 Å². The average Bonchev–Trinajstić information content (AvgIpc) is 1.99. The van der Waals surface area contributed by atoms with Crippen molar-refractivity contribution in [1.29, 1.82) is 0 Å². The van der Waals surface area contributed by atoms with Crippen LogP contribution in [0.5, 0.6) is 5.75 Å². The molecule has 0 atom stereocenters. The van der Waals surface area contributed by atoms with E-state index in [1.54, 1.807) is 0 Å². The third kappa shape index (κ3) is 5.22. The van der Waals surface area contributed by atoms with E-state index in [4.69, 9.17) is 4.74 Å². The van der Waals surface area contributed by atoms with Gasteiger partial charge in [0, 0.05) is 10.7 Å².